The molecule has 1 aromatic heterocycles. The SMILES string of the molecule is O=C(O)c1nn(-c2c(F)cc(F)cc2F)c2c1CCCC2. The lowest BCUT2D eigenvalue weighted by Gasteiger charge is -2.14. The minimum atomic E-state index is -1.24. The highest BCUT2D eigenvalue weighted by Gasteiger charge is 2.27. The Balaban J connectivity index is 2.26. The molecule has 7 heteroatoms. The van der Waals surface area contributed by atoms with Gasteiger partial charge in [-0.3, -0.25) is 0 Å². The Bertz CT molecular complexity index is 717. The number of hydrogen-bond donors (Lipinski definition) is 1. The van der Waals surface area contributed by atoms with Crippen LogP contribution >= 0.6 is 0 Å². The van der Waals surface area contributed by atoms with Gasteiger partial charge in [0.1, 0.15) is 11.5 Å². The fourth-order valence-electron chi connectivity index (χ4n) is 2.69. The van der Waals surface area contributed by atoms with Crippen molar-refractivity contribution < 1.29 is 23.1 Å². The van der Waals surface area contributed by atoms with E-state index in [1.165, 1.54) is 0 Å². The fraction of sp³-hybridized carbons (Fsp3) is 0.286. The van der Waals surface area contributed by atoms with E-state index in [-0.39, 0.29) is 5.69 Å². The number of fused-ring (bicyclic) bond motifs is 1. The topological polar surface area (TPSA) is 55.1 Å². The molecule has 21 heavy (non-hydrogen) atoms. The van der Waals surface area contributed by atoms with Crippen LogP contribution in [0.15, 0.2) is 12.1 Å². The average molecular weight is 296 g/mol. The molecule has 2 aromatic rings. The molecule has 0 radical (unpaired) electrons. The number of carboxylic acid groups (broad SMARTS) is 1. The van der Waals surface area contributed by atoms with Crippen LogP contribution in [0.3, 0.4) is 0 Å². The number of rotatable bonds is 2. The van der Waals surface area contributed by atoms with Crippen LogP contribution < -0.4 is 0 Å². The second-order valence-corrected chi connectivity index (χ2v) is 4.92. The Morgan fingerprint density at radius 2 is 1.76 bits per heavy atom. The number of carboxylic acids is 1. The molecule has 0 aliphatic heterocycles. The number of aromatic carboxylic acids is 1. The molecule has 3 rings (SSSR count). The summed E-state index contributed by atoms with van der Waals surface area (Å²) in [6, 6.07) is 1.10. The first-order valence-electron chi connectivity index (χ1n) is 6.48. The zero-order valence-electron chi connectivity index (χ0n) is 10.9. The molecule has 0 fully saturated rings. The van der Waals surface area contributed by atoms with E-state index >= 15 is 0 Å². The third kappa shape index (κ3) is 2.18. The van der Waals surface area contributed by atoms with Gasteiger partial charge in [0.25, 0.3) is 0 Å². The molecule has 0 bridgehead atoms. The van der Waals surface area contributed by atoms with Crippen molar-refractivity contribution in [2.75, 3.05) is 0 Å². The number of aromatic nitrogens is 2. The van der Waals surface area contributed by atoms with E-state index in [0.717, 1.165) is 17.5 Å². The lowest BCUT2D eigenvalue weighted by atomic mass is 9.95. The lowest BCUT2D eigenvalue weighted by molar-refractivity contribution is 0.0688. The van der Waals surface area contributed by atoms with E-state index in [0.29, 0.717) is 36.2 Å². The monoisotopic (exact) mass is 296 g/mol. The van der Waals surface area contributed by atoms with Crippen molar-refractivity contribution in [3.63, 3.8) is 0 Å². The van der Waals surface area contributed by atoms with Gasteiger partial charge in [-0.15, -0.1) is 0 Å². The number of nitrogens with zero attached hydrogens (tertiary/aromatic N) is 2. The number of carbonyl (C=O) groups is 1. The number of halogens is 3. The molecule has 0 saturated heterocycles. The first kappa shape index (κ1) is 13.7. The molecule has 1 aliphatic rings. The maximum Gasteiger partial charge on any atom is 0.356 e. The van der Waals surface area contributed by atoms with Crippen LogP contribution in [-0.2, 0) is 12.8 Å². The van der Waals surface area contributed by atoms with E-state index in [4.69, 9.17) is 5.11 Å². The van der Waals surface area contributed by atoms with Gasteiger partial charge in [0.15, 0.2) is 17.3 Å². The summed E-state index contributed by atoms with van der Waals surface area (Å²) >= 11 is 0. The van der Waals surface area contributed by atoms with Crippen molar-refractivity contribution in [2.45, 2.75) is 25.7 Å². The largest absolute Gasteiger partial charge is 0.476 e. The smallest absolute Gasteiger partial charge is 0.356 e. The summed E-state index contributed by atoms with van der Waals surface area (Å²) in [4.78, 5) is 11.2. The number of hydrogen-bond acceptors (Lipinski definition) is 2. The van der Waals surface area contributed by atoms with Gasteiger partial charge in [-0.05, 0) is 25.7 Å². The van der Waals surface area contributed by atoms with Crippen LogP contribution in [0.1, 0.15) is 34.6 Å². The van der Waals surface area contributed by atoms with Crippen molar-refractivity contribution in [3.05, 3.63) is 46.5 Å². The van der Waals surface area contributed by atoms with Gasteiger partial charge in [-0.25, -0.2) is 22.6 Å². The minimum absolute atomic E-state index is 0.201. The molecule has 1 heterocycles. The first-order valence-corrected chi connectivity index (χ1v) is 6.48. The molecule has 0 saturated carbocycles. The molecule has 1 N–H and O–H groups in total. The van der Waals surface area contributed by atoms with Crippen LogP contribution in [0.25, 0.3) is 5.69 Å². The number of benzene rings is 1. The molecule has 4 nitrogen and oxygen atoms in total. The van der Waals surface area contributed by atoms with Gasteiger partial charge >= 0.3 is 5.97 Å². The van der Waals surface area contributed by atoms with Crippen molar-refractivity contribution in [3.8, 4) is 5.69 Å². The van der Waals surface area contributed by atoms with E-state index in [9.17, 15) is 18.0 Å². The standard InChI is InChI=1S/C14H11F3N2O2/c15-7-5-9(16)13(10(17)6-7)19-11-4-2-1-3-8(11)12(18-19)14(20)21/h5-6H,1-4H2,(H,20,21). The predicted octanol–water partition coefficient (Wildman–Crippen LogP) is 2.87. The van der Waals surface area contributed by atoms with Gasteiger partial charge in [-0.1, -0.05) is 0 Å². The molecule has 1 aliphatic carbocycles. The Kier molecular flexibility index (Phi) is 3.19. The molecular weight excluding hydrogens is 285 g/mol. The quantitative estimate of drug-likeness (QED) is 0.927. The first-order chi connectivity index (χ1) is 9.99. The van der Waals surface area contributed by atoms with Crippen LogP contribution in [0, 0.1) is 17.5 Å². The van der Waals surface area contributed by atoms with Crippen molar-refractivity contribution in [1.82, 2.24) is 9.78 Å². The second-order valence-electron chi connectivity index (χ2n) is 4.92. The van der Waals surface area contributed by atoms with Gasteiger partial charge in [0, 0.05) is 23.4 Å². The summed E-state index contributed by atoms with van der Waals surface area (Å²) in [5, 5.41) is 13.0. The molecule has 0 atom stereocenters. The van der Waals surface area contributed by atoms with Gasteiger partial charge in [0.2, 0.25) is 0 Å². The molecule has 1 aromatic carbocycles. The van der Waals surface area contributed by atoms with Crippen LogP contribution in [0.5, 0.6) is 0 Å². The van der Waals surface area contributed by atoms with E-state index < -0.39 is 29.1 Å². The summed E-state index contributed by atoms with van der Waals surface area (Å²) in [5.74, 6) is -4.50. The Morgan fingerprint density at radius 3 is 2.38 bits per heavy atom. The summed E-state index contributed by atoms with van der Waals surface area (Å²) in [5.41, 5.74) is 0.231. The Morgan fingerprint density at radius 1 is 1.14 bits per heavy atom. The van der Waals surface area contributed by atoms with Crippen molar-refractivity contribution in [2.24, 2.45) is 0 Å². The lowest BCUT2D eigenvalue weighted by Crippen LogP contribution is -2.11. The fourth-order valence-corrected chi connectivity index (χ4v) is 2.69. The summed E-state index contributed by atoms with van der Waals surface area (Å²) < 4.78 is 41.7. The summed E-state index contributed by atoms with van der Waals surface area (Å²) in [6.07, 6.45) is 2.56. The summed E-state index contributed by atoms with van der Waals surface area (Å²) in [7, 11) is 0. The molecule has 0 spiro atoms. The highest BCUT2D eigenvalue weighted by molar-refractivity contribution is 5.87. The van der Waals surface area contributed by atoms with Crippen LogP contribution in [-0.4, -0.2) is 20.9 Å². The zero-order chi connectivity index (χ0) is 15.1. The molecular formula is C14H11F3N2O2. The predicted molar refractivity (Wildman–Crippen MR) is 67.0 cm³/mol. The average Bonchev–Trinajstić information content (AvgIpc) is 2.78. The third-order valence-corrected chi connectivity index (χ3v) is 3.58. The maximum absolute atomic E-state index is 13.9. The Labute approximate surface area is 117 Å². The highest BCUT2D eigenvalue weighted by Crippen LogP contribution is 2.29. The minimum Gasteiger partial charge on any atom is -0.476 e. The van der Waals surface area contributed by atoms with Gasteiger partial charge in [0.05, 0.1) is 0 Å². The van der Waals surface area contributed by atoms with Gasteiger partial charge in [-0.2, -0.15) is 5.10 Å². The van der Waals surface area contributed by atoms with E-state index in [1.807, 2.05) is 0 Å². The Hall–Kier alpha value is -2.31. The second kappa shape index (κ2) is 4.91. The van der Waals surface area contributed by atoms with Crippen molar-refractivity contribution >= 4 is 5.97 Å². The van der Waals surface area contributed by atoms with E-state index in [1.54, 1.807) is 0 Å². The molecule has 0 unspecified atom stereocenters. The van der Waals surface area contributed by atoms with Crippen LogP contribution in [0.2, 0.25) is 0 Å². The molecule has 0 amide bonds. The molecule has 110 valence electrons. The third-order valence-electron chi connectivity index (χ3n) is 3.58. The summed E-state index contributed by atoms with van der Waals surface area (Å²) in [6.45, 7) is 0. The van der Waals surface area contributed by atoms with E-state index in [2.05, 4.69) is 5.10 Å². The highest BCUT2D eigenvalue weighted by atomic mass is 19.1. The maximum atomic E-state index is 13.9. The van der Waals surface area contributed by atoms with Crippen LogP contribution in [0.4, 0.5) is 13.2 Å². The van der Waals surface area contributed by atoms with Gasteiger partial charge < -0.3 is 5.11 Å². The zero-order valence-corrected chi connectivity index (χ0v) is 10.9. The van der Waals surface area contributed by atoms with Crippen molar-refractivity contribution in [1.29, 1.82) is 0 Å². The normalized spacial score (nSPS) is 14.0.